The molecular weight excluding hydrogens is 268 g/mol. The van der Waals surface area contributed by atoms with Crippen molar-refractivity contribution in [2.24, 2.45) is 0 Å². The maximum atomic E-state index is 5.52. The van der Waals surface area contributed by atoms with E-state index in [1.165, 1.54) is 0 Å². The van der Waals surface area contributed by atoms with E-state index in [0.29, 0.717) is 12.1 Å². The van der Waals surface area contributed by atoms with Crippen molar-refractivity contribution in [1.82, 2.24) is 10.2 Å². The molecule has 0 radical (unpaired) electrons. The van der Waals surface area contributed by atoms with E-state index in [1.807, 2.05) is 12.1 Å². The molecule has 0 saturated carbocycles. The molecule has 1 saturated heterocycles. The van der Waals surface area contributed by atoms with E-state index in [9.17, 15) is 0 Å². The lowest BCUT2D eigenvalue weighted by Crippen LogP contribution is -2.53. The van der Waals surface area contributed by atoms with E-state index < -0.39 is 0 Å². The van der Waals surface area contributed by atoms with Gasteiger partial charge < -0.3 is 19.5 Å². The lowest BCUT2D eigenvalue weighted by molar-refractivity contribution is 0.163. The molecule has 5 nitrogen and oxygen atoms in total. The molecule has 1 aliphatic heterocycles. The highest BCUT2D eigenvalue weighted by Crippen LogP contribution is 2.35. The molecule has 0 amide bonds. The second-order valence-corrected chi connectivity index (χ2v) is 5.67. The lowest BCUT2D eigenvalue weighted by Gasteiger charge is -2.36. The highest BCUT2D eigenvalue weighted by molar-refractivity contribution is 5.50. The molecule has 0 aliphatic carbocycles. The Balaban J connectivity index is 2.25. The van der Waals surface area contributed by atoms with Crippen molar-refractivity contribution in [3.05, 3.63) is 17.7 Å². The smallest absolute Gasteiger partial charge is 0.130 e. The number of benzene rings is 1. The summed E-state index contributed by atoms with van der Waals surface area (Å²) in [6.45, 7) is 7.27. The zero-order chi connectivity index (χ0) is 15.4. The second-order valence-electron chi connectivity index (χ2n) is 5.67. The van der Waals surface area contributed by atoms with Crippen LogP contribution in [0.4, 0.5) is 0 Å². The lowest BCUT2D eigenvalue weighted by atomic mass is 10.1. The molecule has 2 rings (SSSR count). The van der Waals surface area contributed by atoms with E-state index in [4.69, 9.17) is 14.2 Å². The van der Waals surface area contributed by atoms with Crippen LogP contribution in [0.5, 0.6) is 17.2 Å². The van der Waals surface area contributed by atoms with Gasteiger partial charge >= 0.3 is 0 Å². The average Bonchev–Trinajstić information content (AvgIpc) is 2.46. The standard InChI is InChI=1S/C16H26N2O3/c1-11-8-18(9-12(2)17-11)10-14-15(20-4)6-13(19-3)7-16(14)21-5/h6-7,11-12,17H,8-10H2,1-5H3. The van der Waals surface area contributed by atoms with Gasteiger partial charge in [0.2, 0.25) is 0 Å². The Morgan fingerprint density at radius 2 is 1.52 bits per heavy atom. The van der Waals surface area contributed by atoms with E-state index in [1.54, 1.807) is 21.3 Å². The van der Waals surface area contributed by atoms with E-state index in [-0.39, 0.29) is 0 Å². The summed E-state index contributed by atoms with van der Waals surface area (Å²) in [4.78, 5) is 2.43. The monoisotopic (exact) mass is 294 g/mol. The molecule has 21 heavy (non-hydrogen) atoms. The van der Waals surface area contributed by atoms with Gasteiger partial charge in [0, 0.05) is 43.9 Å². The molecular formula is C16H26N2O3. The fourth-order valence-electron chi connectivity index (χ4n) is 3.03. The first-order valence-electron chi connectivity index (χ1n) is 7.34. The number of ether oxygens (including phenoxy) is 3. The van der Waals surface area contributed by atoms with Gasteiger partial charge in [0.05, 0.1) is 26.9 Å². The van der Waals surface area contributed by atoms with Crippen LogP contribution in [-0.2, 0) is 6.54 Å². The third kappa shape index (κ3) is 3.80. The Morgan fingerprint density at radius 1 is 1.00 bits per heavy atom. The average molecular weight is 294 g/mol. The minimum atomic E-state index is 0.490. The number of hydrogen-bond donors (Lipinski definition) is 1. The topological polar surface area (TPSA) is 43.0 Å². The van der Waals surface area contributed by atoms with Crippen LogP contribution in [0.3, 0.4) is 0 Å². The van der Waals surface area contributed by atoms with Gasteiger partial charge in [-0.15, -0.1) is 0 Å². The van der Waals surface area contributed by atoms with Gasteiger partial charge in [-0.2, -0.15) is 0 Å². The van der Waals surface area contributed by atoms with Crippen LogP contribution in [0.15, 0.2) is 12.1 Å². The Labute approximate surface area is 127 Å². The first-order chi connectivity index (χ1) is 10.1. The predicted molar refractivity (Wildman–Crippen MR) is 83.4 cm³/mol. The predicted octanol–water partition coefficient (Wildman–Crippen LogP) is 1.89. The highest BCUT2D eigenvalue weighted by Gasteiger charge is 2.23. The highest BCUT2D eigenvalue weighted by atomic mass is 16.5. The summed E-state index contributed by atoms with van der Waals surface area (Å²) in [5, 5.41) is 3.55. The van der Waals surface area contributed by atoms with Crippen molar-refractivity contribution in [2.75, 3.05) is 34.4 Å². The molecule has 0 aromatic heterocycles. The molecule has 0 spiro atoms. The minimum absolute atomic E-state index is 0.490. The van der Waals surface area contributed by atoms with Crippen molar-refractivity contribution >= 4 is 0 Å². The Bertz CT molecular complexity index is 444. The number of hydrogen-bond acceptors (Lipinski definition) is 5. The molecule has 1 fully saturated rings. The summed E-state index contributed by atoms with van der Waals surface area (Å²) < 4.78 is 16.3. The Morgan fingerprint density at radius 3 is 1.95 bits per heavy atom. The first-order valence-corrected chi connectivity index (χ1v) is 7.34. The summed E-state index contributed by atoms with van der Waals surface area (Å²) >= 11 is 0. The number of methoxy groups -OCH3 is 3. The normalized spacial score (nSPS) is 22.9. The number of rotatable bonds is 5. The fraction of sp³-hybridized carbons (Fsp3) is 0.625. The molecule has 1 heterocycles. The van der Waals surface area contributed by atoms with Crippen molar-refractivity contribution in [3.8, 4) is 17.2 Å². The summed E-state index contributed by atoms with van der Waals surface area (Å²) in [5.41, 5.74) is 1.07. The summed E-state index contributed by atoms with van der Waals surface area (Å²) in [7, 11) is 5.01. The summed E-state index contributed by atoms with van der Waals surface area (Å²) in [5.74, 6) is 2.37. The molecule has 1 aromatic rings. The minimum Gasteiger partial charge on any atom is -0.496 e. The Hall–Kier alpha value is -1.46. The van der Waals surface area contributed by atoms with Crippen LogP contribution in [0.2, 0.25) is 0 Å². The number of nitrogens with zero attached hydrogens (tertiary/aromatic N) is 1. The van der Waals surface area contributed by atoms with Crippen LogP contribution in [-0.4, -0.2) is 51.4 Å². The Kier molecular flexibility index (Phi) is 5.31. The van der Waals surface area contributed by atoms with Gasteiger partial charge in [0.15, 0.2) is 0 Å². The second kappa shape index (κ2) is 7.00. The van der Waals surface area contributed by atoms with Gasteiger partial charge in [-0.3, -0.25) is 4.90 Å². The third-order valence-electron chi connectivity index (χ3n) is 3.83. The largest absolute Gasteiger partial charge is 0.496 e. The summed E-state index contributed by atoms with van der Waals surface area (Å²) in [6.07, 6.45) is 0. The van der Waals surface area contributed by atoms with Crippen molar-refractivity contribution in [2.45, 2.75) is 32.5 Å². The molecule has 2 unspecified atom stereocenters. The molecule has 1 aliphatic rings. The van der Waals surface area contributed by atoms with Gasteiger partial charge in [0.1, 0.15) is 17.2 Å². The van der Waals surface area contributed by atoms with Crippen LogP contribution >= 0.6 is 0 Å². The van der Waals surface area contributed by atoms with E-state index in [2.05, 4.69) is 24.1 Å². The number of piperazine rings is 1. The third-order valence-corrected chi connectivity index (χ3v) is 3.83. The van der Waals surface area contributed by atoms with Gasteiger partial charge in [-0.1, -0.05) is 0 Å². The van der Waals surface area contributed by atoms with Crippen LogP contribution in [0.1, 0.15) is 19.4 Å². The summed E-state index contributed by atoms with van der Waals surface area (Å²) in [6, 6.07) is 4.80. The van der Waals surface area contributed by atoms with Gasteiger partial charge in [0.25, 0.3) is 0 Å². The van der Waals surface area contributed by atoms with Gasteiger partial charge in [-0.05, 0) is 13.8 Å². The van der Waals surface area contributed by atoms with Crippen LogP contribution in [0.25, 0.3) is 0 Å². The van der Waals surface area contributed by atoms with E-state index >= 15 is 0 Å². The number of nitrogens with one attached hydrogen (secondary N) is 1. The molecule has 1 N–H and O–H groups in total. The quantitative estimate of drug-likeness (QED) is 0.898. The van der Waals surface area contributed by atoms with Crippen LogP contribution in [0, 0.1) is 0 Å². The van der Waals surface area contributed by atoms with Crippen molar-refractivity contribution in [3.63, 3.8) is 0 Å². The van der Waals surface area contributed by atoms with Crippen molar-refractivity contribution in [1.29, 1.82) is 0 Å². The fourth-order valence-corrected chi connectivity index (χ4v) is 3.03. The molecule has 2 atom stereocenters. The maximum Gasteiger partial charge on any atom is 0.130 e. The maximum absolute atomic E-state index is 5.52. The van der Waals surface area contributed by atoms with Crippen molar-refractivity contribution < 1.29 is 14.2 Å². The zero-order valence-electron chi connectivity index (χ0n) is 13.6. The molecule has 1 aromatic carbocycles. The SMILES string of the molecule is COc1cc(OC)c(CN2CC(C)NC(C)C2)c(OC)c1. The first kappa shape index (κ1) is 15.9. The van der Waals surface area contributed by atoms with E-state index in [0.717, 1.165) is 42.4 Å². The molecule has 118 valence electrons. The van der Waals surface area contributed by atoms with Gasteiger partial charge in [-0.25, -0.2) is 0 Å². The zero-order valence-corrected chi connectivity index (χ0v) is 13.6. The van der Waals surface area contributed by atoms with Crippen LogP contribution < -0.4 is 19.5 Å². The molecule has 5 heteroatoms. The molecule has 0 bridgehead atoms.